The molecule has 0 saturated carbocycles. The minimum Gasteiger partial charge on any atom is -0.347 e. The molecule has 15 heavy (non-hydrogen) atoms. The Morgan fingerprint density at radius 1 is 1.47 bits per heavy atom. The van der Waals surface area contributed by atoms with Crippen molar-refractivity contribution in [3.05, 3.63) is 39.6 Å². The molecule has 0 atom stereocenters. The number of aryl methyl sites for hydroxylation is 2. The highest BCUT2D eigenvalue weighted by Crippen LogP contribution is 2.17. The van der Waals surface area contributed by atoms with E-state index in [-0.39, 0.29) is 0 Å². The highest BCUT2D eigenvalue weighted by Gasteiger charge is 2.04. The van der Waals surface area contributed by atoms with Crippen LogP contribution in [0.4, 0.5) is 0 Å². The number of thiazole rings is 1. The zero-order chi connectivity index (χ0) is 10.8. The van der Waals surface area contributed by atoms with Crippen molar-refractivity contribution in [2.75, 3.05) is 0 Å². The Morgan fingerprint density at radius 2 is 2.27 bits per heavy atom. The SMILES string of the molecule is Cc1nc(Cn2ccc(CN)c2)sc1C. The molecule has 0 spiro atoms. The van der Waals surface area contributed by atoms with Gasteiger partial charge in [-0.2, -0.15) is 0 Å². The van der Waals surface area contributed by atoms with Crippen LogP contribution in [0.2, 0.25) is 0 Å². The molecule has 4 heteroatoms. The Kier molecular flexibility index (Phi) is 2.88. The van der Waals surface area contributed by atoms with E-state index >= 15 is 0 Å². The van der Waals surface area contributed by atoms with Gasteiger partial charge in [-0.1, -0.05) is 0 Å². The fourth-order valence-corrected chi connectivity index (χ4v) is 2.42. The molecule has 0 bridgehead atoms. The normalized spacial score (nSPS) is 10.9. The second kappa shape index (κ2) is 4.16. The highest BCUT2D eigenvalue weighted by atomic mass is 32.1. The van der Waals surface area contributed by atoms with E-state index in [1.807, 2.05) is 12.3 Å². The summed E-state index contributed by atoms with van der Waals surface area (Å²) < 4.78 is 2.12. The molecule has 2 heterocycles. The molecule has 2 aromatic rings. The molecular weight excluding hydrogens is 206 g/mol. The maximum absolute atomic E-state index is 5.56. The van der Waals surface area contributed by atoms with Crippen LogP contribution >= 0.6 is 11.3 Å². The smallest absolute Gasteiger partial charge is 0.113 e. The van der Waals surface area contributed by atoms with Gasteiger partial charge in [-0.3, -0.25) is 0 Å². The molecule has 2 aromatic heterocycles. The van der Waals surface area contributed by atoms with Gasteiger partial charge in [-0.25, -0.2) is 4.98 Å². The second-order valence-corrected chi connectivity index (χ2v) is 4.93. The third-order valence-corrected chi connectivity index (χ3v) is 3.50. The molecule has 3 nitrogen and oxygen atoms in total. The van der Waals surface area contributed by atoms with E-state index in [1.165, 1.54) is 10.4 Å². The summed E-state index contributed by atoms with van der Waals surface area (Å²) in [6.07, 6.45) is 4.13. The molecule has 0 aliphatic carbocycles. The molecule has 0 aliphatic rings. The third kappa shape index (κ3) is 2.27. The minimum absolute atomic E-state index is 0.600. The van der Waals surface area contributed by atoms with Crippen LogP contribution in [-0.4, -0.2) is 9.55 Å². The predicted molar refractivity (Wildman–Crippen MR) is 63.0 cm³/mol. The lowest BCUT2D eigenvalue weighted by molar-refractivity contribution is 0.792. The van der Waals surface area contributed by atoms with Crippen LogP contribution in [0.3, 0.4) is 0 Å². The second-order valence-electron chi connectivity index (χ2n) is 3.65. The van der Waals surface area contributed by atoms with E-state index in [0.29, 0.717) is 6.54 Å². The van der Waals surface area contributed by atoms with Gasteiger partial charge in [-0.05, 0) is 25.5 Å². The van der Waals surface area contributed by atoms with Gasteiger partial charge >= 0.3 is 0 Å². The summed E-state index contributed by atoms with van der Waals surface area (Å²) in [5.41, 5.74) is 7.87. The lowest BCUT2D eigenvalue weighted by atomic mass is 10.3. The summed E-state index contributed by atoms with van der Waals surface area (Å²) in [4.78, 5) is 5.81. The van der Waals surface area contributed by atoms with Crippen LogP contribution in [0.15, 0.2) is 18.5 Å². The van der Waals surface area contributed by atoms with E-state index < -0.39 is 0 Å². The van der Waals surface area contributed by atoms with Crippen LogP contribution in [0.1, 0.15) is 21.1 Å². The van der Waals surface area contributed by atoms with E-state index in [2.05, 4.69) is 29.6 Å². The first-order valence-corrected chi connectivity index (χ1v) is 5.78. The van der Waals surface area contributed by atoms with Crippen molar-refractivity contribution in [2.24, 2.45) is 5.73 Å². The molecule has 0 fully saturated rings. The molecule has 0 radical (unpaired) electrons. The highest BCUT2D eigenvalue weighted by molar-refractivity contribution is 7.11. The Labute approximate surface area is 93.6 Å². The zero-order valence-electron chi connectivity index (χ0n) is 9.03. The molecule has 0 saturated heterocycles. The first-order chi connectivity index (χ1) is 7.19. The van der Waals surface area contributed by atoms with Crippen molar-refractivity contribution >= 4 is 11.3 Å². The van der Waals surface area contributed by atoms with Crippen molar-refractivity contribution in [3.8, 4) is 0 Å². The van der Waals surface area contributed by atoms with E-state index in [4.69, 9.17) is 5.73 Å². The summed E-state index contributed by atoms with van der Waals surface area (Å²) in [7, 11) is 0. The van der Waals surface area contributed by atoms with Gasteiger partial charge in [0.2, 0.25) is 0 Å². The zero-order valence-corrected chi connectivity index (χ0v) is 9.84. The Balaban J connectivity index is 2.14. The maximum Gasteiger partial charge on any atom is 0.113 e. The van der Waals surface area contributed by atoms with Gasteiger partial charge in [-0.15, -0.1) is 11.3 Å². The number of rotatable bonds is 3. The molecule has 2 N–H and O–H groups in total. The van der Waals surface area contributed by atoms with Gasteiger partial charge in [0.05, 0.1) is 12.2 Å². The van der Waals surface area contributed by atoms with Gasteiger partial charge in [0.1, 0.15) is 5.01 Å². The average molecular weight is 221 g/mol. The average Bonchev–Trinajstić information content (AvgIpc) is 2.76. The summed E-state index contributed by atoms with van der Waals surface area (Å²) in [6, 6.07) is 2.05. The molecule has 0 amide bonds. The number of nitrogens with two attached hydrogens (primary N) is 1. The molecule has 0 aliphatic heterocycles. The molecule has 80 valence electrons. The standard InChI is InChI=1S/C11H15N3S/c1-8-9(2)15-11(13-8)7-14-4-3-10(5-12)6-14/h3-4,6H,5,7,12H2,1-2H3. The van der Waals surface area contributed by atoms with Crippen molar-refractivity contribution in [2.45, 2.75) is 26.9 Å². The Bertz CT molecular complexity index is 437. The Hall–Kier alpha value is -1.13. The van der Waals surface area contributed by atoms with Crippen molar-refractivity contribution in [1.29, 1.82) is 0 Å². The van der Waals surface area contributed by atoms with Crippen LogP contribution in [0.5, 0.6) is 0 Å². The minimum atomic E-state index is 0.600. The first kappa shape index (κ1) is 10.4. The summed E-state index contributed by atoms with van der Waals surface area (Å²) in [5, 5.41) is 1.16. The van der Waals surface area contributed by atoms with Crippen LogP contribution < -0.4 is 5.73 Å². The molecule has 0 unspecified atom stereocenters. The van der Waals surface area contributed by atoms with E-state index in [1.54, 1.807) is 11.3 Å². The fraction of sp³-hybridized carbons (Fsp3) is 0.364. The summed E-state index contributed by atoms with van der Waals surface area (Å²) in [5.74, 6) is 0. The largest absolute Gasteiger partial charge is 0.347 e. The number of aromatic nitrogens is 2. The van der Waals surface area contributed by atoms with Crippen LogP contribution in [0, 0.1) is 13.8 Å². The summed E-state index contributed by atoms with van der Waals surface area (Å²) in [6.45, 7) is 5.61. The van der Waals surface area contributed by atoms with E-state index in [9.17, 15) is 0 Å². The van der Waals surface area contributed by atoms with Crippen molar-refractivity contribution < 1.29 is 0 Å². The quantitative estimate of drug-likeness (QED) is 0.862. The maximum atomic E-state index is 5.56. The predicted octanol–water partition coefficient (Wildman–Crippen LogP) is 2.07. The topological polar surface area (TPSA) is 43.8 Å². The monoisotopic (exact) mass is 221 g/mol. The Morgan fingerprint density at radius 3 is 2.80 bits per heavy atom. The van der Waals surface area contributed by atoms with E-state index in [0.717, 1.165) is 17.2 Å². The molecular formula is C11H15N3S. The van der Waals surface area contributed by atoms with Gasteiger partial charge < -0.3 is 10.3 Å². The third-order valence-electron chi connectivity index (χ3n) is 2.44. The van der Waals surface area contributed by atoms with Crippen LogP contribution in [-0.2, 0) is 13.1 Å². The fourth-order valence-electron chi connectivity index (χ4n) is 1.47. The van der Waals surface area contributed by atoms with Gasteiger partial charge in [0.15, 0.2) is 0 Å². The molecule has 0 aromatic carbocycles. The summed E-state index contributed by atoms with van der Waals surface area (Å²) >= 11 is 1.76. The molecule has 2 rings (SSSR count). The van der Waals surface area contributed by atoms with Crippen molar-refractivity contribution in [1.82, 2.24) is 9.55 Å². The van der Waals surface area contributed by atoms with Gasteiger partial charge in [0, 0.05) is 23.8 Å². The number of hydrogen-bond donors (Lipinski definition) is 1. The van der Waals surface area contributed by atoms with Gasteiger partial charge in [0.25, 0.3) is 0 Å². The number of hydrogen-bond acceptors (Lipinski definition) is 3. The number of nitrogens with zero attached hydrogens (tertiary/aromatic N) is 2. The first-order valence-electron chi connectivity index (χ1n) is 4.96. The lowest BCUT2D eigenvalue weighted by Gasteiger charge is -1.97. The van der Waals surface area contributed by atoms with Crippen LogP contribution in [0.25, 0.3) is 0 Å². The van der Waals surface area contributed by atoms with Crippen molar-refractivity contribution in [3.63, 3.8) is 0 Å². The lowest BCUT2D eigenvalue weighted by Crippen LogP contribution is -1.97.